The van der Waals surface area contributed by atoms with Crippen molar-refractivity contribution in [3.63, 3.8) is 0 Å². The molecule has 0 aromatic carbocycles. The standard InChI is InChI=1S/C16H28O6/c1-10(6-7-17)4-3-5-11(2)8-12-14(19)16(21)15(20)13(9-18)22-12/h5-6,12-21H,3-4,7-9H2,1-2H3/b10-6+,11-5?/t12?,13-,14+,15-,16-/m1/s1. The van der Waals surface area contributed by atoms with Gasteiger partial charge >= 0.3 is 0 Å². The van der Waals surface area contributed by atoms with Crippen LogP contribution in [0.4, 0.5) is 0 Å². The molecule has 1 unspecified atom stereocenters. The molecule has 0 aliphatic carbocycles. The zero-order valence-corrected chi connectivity index (χ0v) is 13.2. The third-order valence-electron chi connectivity index (χ3n) is 3.99. The molecule has 1 aliphatic rings. The molecule has 1 aliphatic heterocycles. The van der Waals surface area contributed by atoms with E-state index in [0.29, 0.717) is 6.42 Å². The van der Waals surface area contributed by atoms with Crippen molar-refractivity contribution in [2.45, 2.75) is 63.6 Å². The van der Waals surface area contributed by atoms with Crippen LogP contribution in [0.3, 0.4) is 0 Å². The summed E-state index contributed by atoms with van der Waals surface area (Å²) in [6.07, 6.45) is 0.536. The molecule has 1 fully saturated rings. The van der Waals surface area contributed by atoms with Gasteiger partial charge in [0.2, 0.25) is 0 Å². The van der Waals surface area contributed by atoms with E-state index in [9.17, 15) is 15.3 Å². The van der Waals surface area contributed by atoms with Crippen molar-refractivity contribution in [2.24, 2.45) is 0 Å². The molecule has 128 valence electrons. The SMILES string of the molecule is CC(=CCC/C(C)=C/CO)CC1O[C@H](CO)[C@@H](O)[C@H](O)[C@H]1O. The molecule has 5 atom stereocenters. The van der Waals surface area contributed by atoms with Crippen LogP contribution in [0, 0.1) is 0 Å². The third-order valence-corrected chi connectivity index (χ3v) is 3.99. The Labute approximate surface area is 131 Å². The number of hydrogen-bond acceptors (Lipinski definition) is 6. The van der Waals surface area contributed by atoms with Crippen molar-refractivity contribution in [3.05, 3.63) is 23.3 Å². The summed E-state index contributed by atoms with van der Waals surface area (Å²) in [7, 11) is 0. The van der Waals surface area contributed by atoms with E-state index >= 15 is 0 Å². The highest BCUT2D eigenvalue weighted by molar-refractivity contribution is 5.06. The van der Waals surface area contributed by atoms with Gasteiger partial charge in [-0.3, -0.25) is 0 Å². The molecule has 0 spiro atoms. The van der Waals surface area contributed by atoms with Crippen molar-refractivity contribution in [3.8, 4) is 0 Å². The predicted molar refractivity (Wildman–Crippen MR) is 82.2 cm³/mol. The van der Waals surface area contributed by atoms with Crippen molar-refractivity contribution < 1.29 is 30.3 Å². The Morgan fingerprint density at radius 2 is 1.55 bits per heavy atom. The molecule has 0 radical (unpaired) electrons. The van der Waals surface area contributed by atoms with Crippen LogP contribution in [0.25, 0.3) is 0 Å². The summed E-state index contributed by atoms with van der Waals surface area (Å²) in [5.41, 5.74) is 2.11. The highest BCUT2D eigenvalue weighted by atomic mass is 16.5. The van der Waals surface area contributed by atoms with E-state index in [1.807, 2.05) is 19.9 Å². The molecule has 1 saturated heterocycles. The van der Waals surface area contributed by atoms with Gasteiger partial charge in [-0.25, -0.2) is 0 Å². The van der Waals surface area contributed by atoms with Crippen molar-refractivity contribution >= 4 is 0 Å². The van der Waals surface area contributed by atoms with Crippen molar-refractivity contribution in [1.82, 2.24) is 0 Å². The summed E-state index contributed by atoms with van der Waals surface area (Å²) < 4.78 is 5.47. The van der Waals surface area contributed by atoms with Crippen LogP contribution in [-0.2, 0) is 4.74 Å². The van der Waals surface area contributed by atoms with Gasteiger partial charge in [-0.2, -0.15) is 0 Å². The summed E-state index contributed by atoms with van der Waals surface area (Å²) in [6.45, 7) is 3.50. The van der Waals surface area contributed by atoms with Crippen LogP contribution in [0.2, 0.25) is 0 Å². The van der Waals surface area contributed by atoms with Gasteiger partial charge < -0.3 is 30.3 Å². The molecule has 6 nitrogen and oxygen atoms in total. The lowest BCUT2D eigenvalue weighted by Crippen LogP contribution is -2.58. The molecule has 0 bridgehead atoms. The number of rotatable bonds is 7. The van der Waals surface area contributed by atoms with Gasteiger partial charge in [-0.15, -0.1) is 0 Å². The molecular formula is C16H28O6. The van der Waals surface area contributed by atoms with Crippen LogP contribution in [0.1, 0.15) is 33.1 Å². The number of allylic oxidation sites excluding steroid dienone is 2. The fraction of sp³-hybridized carbons (Fsp3) is 0.750. The Hall–Kier alpha value is -0.760. The highest BCUT2D eigenvalue weighted by Gasteiger charge is 2.43. The van der Waals surface area contributed by atoms with Crippen molar-refractivity contribution in [1.29, 1.82) is 0 Å². The quantitative estimate of drug-likeness (QED) is 0.419. The maximum absolute atomic E-state index is 9.97. The van der Waals surface area contributed by atoms with Gasteiger partial charge in [-0.05, 0) is 33.1 Å². The van der Waals surface area contributed by atoms with Gasteiger partial charge in [0.05, 0.1) is 19.3 Å². The van der Waals surface area contributed by atoms with Gasteiger partial charge in [-0.1, -0.05) is 23.3 Å². The Bertz CT molecular complexity index is 390. The van der Waals surface area contributed by atoms with Crippen LogP contribution in [0.5, 0.6) is 0 Å². The number of aliphatic hydroxyl groups excluding tert-OH is 5. The summed E-state index contributed by atoms with van der Waals surface area (Å²) in [5, 5.41) is 47.4. The normalized spacial score (nSPS) is 34.0. The largest absolute Gasteiger partial charge is 0.394 e. The monoisotopic (exact) mass is 316 g/mol. The number of aliphatic hydroxyl groups is 5. The first-order valence-corrected chi connectivity index (χ1v) is 7.63. The molecule has 0 aromatic rings. The minimum absolute atomic E-state index is 0.0411. The maximum atomic E-state index is 9.97. The summed E-state index contributed by atoms with van der Waals surface area (Å²) >= 11 is 0. The van der Waals surface area contributed by atoms with E-state index in [4.69, 9.17) is 14.9 Å². The number of ether oxygens (including phenoxy) is 1. The summed E-state index contributed by atoms with van der Waals surface area (Å²) in [6, 6.07) is 0. The molecule has 5 N–H and O–H groups in total. The number of hydrogen-bond donors (Lipinski definition) is 5. The van der Waals surface area contributed by atoms with Gasteiger partial charge in [0.1, 0.15) is 24.4 Å². The van der Waals surface area contributed by atoms with Gasteiger partial charge in [0.25, 0.3) is 0 Å². The van der Waals surface area contributed by atoms with Gasteiger partial charge in [0, 0.05) is 0 Å². The van der Waals surface area contributed by atoms with E-state index < -0.39 is 37.1 Å². The lowest BCUT2D eigenvalue weighted by molar-refractivity contribution is -0.228. The second-order valence-corrected chi connectivity index (χ2v) is 5.89. The first-order valence-electron chi connectivity index (χ1n) is 7.63. The summed E-state index contributed by atoms with van der Waals surface area (Å²) in [4.78, 5) is 0. The lowest BCUT2D eigenvalue weighted by atomic mass is 9.91. The smallest absolute Gasteiger partial charge is 0.111 e. The molecule has 0 saturated carbocycles. The first kappa shape index (κ1) is 19.3. The molecule has 0 aromatic heterocycles. The maximum Gasteiger partial charge on any atom is 0.111 e. The fourth-order valence-corrected chi connectivity index (χ4v) is 2.55. The van der Waals surface area contributed by atoms with E-state index in [1.165, 1.54) is 0 Å². The molecule has 6 heteroatoms. The zero-order chi connectivity index (χ0) is 16.7. The molecule has 1 heterocycles. The molecule has 22 heavy (non-hydrogen) atoms. The molecule has 1 rings (SSSR count). The first-order chi connectivity index (χ1) is 10.4. The average Bonchev–Trinajstić information content (AvgIpc) is 2.48. The molecule has 0 amide bonds. The van der Waals surface area contributed by atoms with Crippen LogP contribution in [0.15, 0.2) is 23.3 Å². The Kier molecular flexibility index (Phi) is 8.24. The van der Waals surface area contributed by atoms with Crippen LogP contribution >= 0.6 is 0 Å². The minimum atomic E-state index is -1.32. The molecular weight excluding hydrogens is 288 g/mol. The third kappa shape index (κ3) is 5.46. The Morgan fingerprint density at radius 1 is 0.909 bits per heavy atom. The lowest BCUT2D eigenvalue weighted by Gasteiger charge is -2.40. The summed E-state index contributed by atoms with van der Waals surface area (Å²) in [5.74, 6) is 0. The van der Waals surface area contributed by atoms with Crippen LogP contribution in [-0.4, -0.2) is 69.3 Å². The van der Waals surface area contributed by atoms with E-state index in [0.717, 1.165) is 24.0 Å². The van der Waals surface area contributed by atoms with E-state index in [2.05, 4.69) is 0 Å². The minimum Gasteiger partial charge on any atom is -0.394 e. The van der Waals surface area contributed by atoms with Crippen molar-refractivity contribution in [2.75, 3.05) is 13.2 Å². The second-order valence-electron chi connectivity index (χ2n) is 5.89. The van der Waals surface area contributed by atoms with Gasteiger partial charge in [0.15, 0.2) is 0 Å². The van der Waals surface area contributed by atoms with E-state index in [1.54, 1.807) is 6.08 Å². The Balaban J connectivity index is 2.55. The van der Waals surface area contributed by atoms with E-state index in [-0.39, 0.29) is 6.61 Å². The predicted octanol–water partition coefficient (Wildman–Crippen LogP) is -0.116. The average molecular weight is 316 g/mol. The second kappa shape index (κ2) is 9.39. The fourth-order valence-electron chi connectivity index (χ4n) is 2.55. The zero-order valence-electron chi connectivity index (χ0n) is 13.2. The Morgan fingerprint density at radius 3 is 2.14 bits per heavy atom. The van der Waals surface area contributed by atoms with Crippen LogP contribution < -0.4 is 0 Å². The topological polar surface area (TPSA) is 110 Å². The highest BCUT2D eigenvalue weighted by Crippen LogP contribution is 2.25.